The van der Waals surface area contributed by atoms with E-state index in [0.29, 0.717) is 25.3 Å². The second-order valence-corrected chi connectivity index (χ2v) is 4.44. The maximum absolute atomic E-state index is 11.9. The van der Waals surface area contributed by atoms with Gasteiger partial charge in [0.1, 0.15) is 0 Å². The molecule has 0 aromatic heterocycles. The molecule has 0 heterocycles. The third kappa shape index (κ3) is 4.84. The maximum atomic E-state index is 11.9. The number of para-hydroxylation sites is 1. The molecule has 0 atom stereocenters. The van der Waals surface area contributed by atoms with Crippen LogP contribution in [0.1, 0.15) is 12.5 Å². The highest BCUT2D eigenvalue weighted by molar-refractivity contribution is 5.66. The van der Waals surface area contributed by atoms with Gasteiger partial charge in [-0.2, -0.15) is 0 Å². The SMILES string of the molecule is CCOC(=O)N(CCc1ccccc1)Oc1ccccc1. The second-order valence-electron chi connectivity index (χ2n) is 4.44. The van der Waals surface area contributed by atoms with E-state index in [2.05, 4.69) is 0 Å². The highest BCUT2D eigenvalue weighted by Gasteiger charge is 2.16. The first kappa shape index (κ1) is 14.9. The lowest BCUT2D eigenvalue weighted by Crippen LogP contribution is -2.36. The van der Waals surface area contributed by atoms with Crippen molar-refractivity contribution in [3.8, 4) is 5.75 Å². The lowest BCUT2D eigenvalue weighted by Gasteiger charge is -2.21. The van der Waals surface area contributed by atoms with Crippen LogP contribution >= 0.6 is 0 Å². The van der Waals surface area contributed by atoms with Crippen molar-refractivity contribution in [2.24, 2.45) is 0 Å². The minimum Gasteiger partial charge on any atom is -0.448 e. The lowest BCUT2D eigenvalue weighted by molar-refractivity contribution is -0.0461. The Kier molecular flexibility index (Phi) is 5.64. The molecule has 0 N–H and O–H groups in total. The molecule has 110 valence electrons. The van der Waals surface area contributed by atoms with Gasteiger partial charge in [-0.3, -0.25) is 0 Å². The monoisotopic (exact) mass is 285 g/mol. The van der Waals surface area contributed by atoms with E-state index in [0.717, 1.165) is 5.56 Å². The molecule has 0 aliphatic carbocycles. The van der Waals surface area contributed by atoms with Crippen LogP contribution in [0, 0.1) is 0 Å². The van der Waals surface area contributed by atoms with Crippen LogP contribution in [-0.4, -0.2) is 24.3 Å². The van der Waals surface area contributed by atoms with Crippen LogP contribution in [0.5, 0.6) is 5.75 Å². The third-order valence-electron chi connectivity index (χ3n) is 2.88. The lowest BCUT2D eigenvalue weighted by atomic mass is 10.1. The zero-order chi connectivity index (χ0) is 14.9. The van der Waals surface area contributed by atoms with Crippen LogP contribution in [0.25, 0.3) is 0 Å². The number of carbonyl (C=O) groups is 1. The summed E-state index contributed by atoms with van der Waals surface area (Å²) < 4.78 is 5.03. The second kappa shape index (κ2) is 7.94. The Hall–Kier alpha value is -2.49. The Morgan fingerprint density at radius 2 is 1.62 bits per heavy atom. The van der Waals surface area contributed by atoms with Gasteiger partial charge in [-0.15, -0.1) is 5.06 Å². The number of amides is 1. The van der Waals surface area contributed by atoms with E-state index in [1.807, 2.05) is 48.5 Å². The van der Waals surface area contributed by atoms with Gasteiger partial charge in [0.15, 0.2) is 5.75 Å². The van der Waals surface area contributed by atoms with E-state index in [1.54, 1.807) is 19.1 Å². The van der Waals surface area contributed by atoms with E-state index in [9.17, 15) is 4.79 Å². The molecule has 0 aliphatic rings. The average Bonchev–Trinajstić information content (AvgIpc) is 2.53. The van der Waals surface area contributed by atoms with Crippen molar-refractivity contribution in [2.45, 2.75) is 13.3 Å². The summed E-state index contributed by atoms with van der Waals surface area (Å²) in [6, 6.07) is 19.2. The van der Waals surface area contributed by atoms with Crippen molar-refractivity contribution in [3.05, 3.63) is 66.2 Å². The summed E-state index contributed by atoms with van der Waals surface area (Å²) >= 11 is 0. The highest BCUT2D eigenvalue weighted by atomic mass is 16.7. The molecule has 4 nitrogen and oxygen atoms in total. The van der Waals surface area contributed by atoms with Gasteiger partial charge in [0, 0.05) is 0 Å². The van der Waals surface area contributed by atoms with Crippen LogP contribution < -0.4 is 4.84 Å². The van der Waals surface area contributed by atoms with Gasteiger partial charge in [0.05, 0.1) is 13.2 Å². The van der Waals surface area contributed by atoms with Crippen molar-refractivity contribution < 1.29 is 14.4 Å². The van der Waals surface area contributed by atoms with Crippen molar-refractivity contribution in [2.75, 3.05) is 13.2 Å². The molecular formula is C17H19NO3. The van der Waals surface area contributed by atoms with Crippen molar-refractivity contribution >= 4 is 6.09 Å². The topological polar surface area (TPSA) is 38.8 Å². The van der Waals surface area contributed by atoms with Crippen molar-refractivity contribution in [1.29, 1.82) is 0 Å². The van der Waals surface area contributed by atoms with Gasteiger partial charge in [-0.25, -0.2) is 4.79 Å². The molecule has 2 rings (SSSR count). The molecule has 4 heteroatoms. The summed E-state index contributed by atoms with van der Waals surface area (Å²) in [6.07, 6.45) is 0.226. The van der Waals surface area contributed by atoms with Gasteiger partial charge < -0.3 is 9.57 Å². The summed E-state index contributed by atoms with van der Waals surface area (Å²) in [4.78, 5) is 17.6. The van der Waals surface area contributed by atoms with Crippen LogP contribution in [0.2, 0.25) is 0 Å². The third-order valence-corrected chi connectivity index (χ3v) is 2.88. The molecule has 0 saturated heterocycles. The predicted molar refractivity (Wildman–Crippen MR) is 80.9 cm³/mol. The molecular weight excluding hydrogens is 266 g/mol. The number of carbonyl (C=O) groups excluding carboxylic acids is 1. The van der Waals surface area contributed by atoms with Gasteiger partial charge in [0.2, 0.25) is 0 Å². The standard InChI is InChI=1S/C17H19NO3/c1-2-20-17(19)18(21-16-11-7-4-8-12-16)14-13-15-9-5-3-6-10-15/h3-12H,2,13-14H2,1H3. The Bertz CT molecular complexity index is 542. The van der Waals surface area contributed by atoms with Gasteiger partial charge in [-0.1, -0.05) is 48.5 Å². The Morgan fingerprint density at radius 1 is 1.00 bits per heavy atom. The van der Waals surface area contributed by atoms with E-state index in [4.69, 9.17) is 9.57 Å². The molecule has 21 heavy (non-hydrogen) atoms. The molecule has 2 aromatic carbocycles. The maximum Gasteiger partial charge on any atom is 0.443 e. The van der Waals surface area contributed by atoms with Crippen LogP contribution in [0.4, 0.5) is 4.79 Å². The van der Waals surface area contributed by atoms with Gasteiger partial charge in [-0.05, 0) is 31.0 Å². The Balaban J connectivity index is 2.00. The number of hydrogen-bond donors (Lipinski definition) is 0. The van der Waals surface area contributed by atoms with Crippen LogP contribution in [-0.2, 0) is 11.2 Å². The number of nitrogens with zero attached hydrogens (tertiary/aromatic N) is 1. The largest absolute Gasteiger partial charge is 0.448 e. The number of benzene rings is 2. The first-order valence-electron chi connectivity index (χ1n) is 7.01. The first-order valence-corrected chi connectivity index (χ1v) is 7.01. The number of ether oxygens (including phenoxy) is 1. The fraction of sp³-hybridized carbons (Fsp3) is 0.235. The Morgan fingerprint density at radius 3 is 2.24 bits per heavy atom. The molecule has 0 bridgehead atoms. The predicted octanol–water partition coefficient (Wildman–Crippen LogP) is 3.68. The minimum absolute atomic E-state index is 0.318. The smallest absolute Gasteiger partial charge is 0.443 e. The fourth-order valence-electron chi connectivity index (χ4n) is 1.85. The molecule has 0 radical (unpaired) electrons. The molecule has 0 saturated carbocycles. The molecule has 0 spiro atoms. The quantitative estimate of drug-likeness (QED) is 0.760. The van der Waals surface area contributed by atoms with Gasteiger partial charge in [0.25, 0.3) is 0 Å². The summed E-state index contributed by atoms with van der Waals surface area (Å²) in [5.74, 6) is 0.610. The molecule has 2 aromatic rings. The summed E-state index contributed by atoms with van der Waals surface area (Å²) in [5.41, 5.74) is 1.14. The molecule has 0 aliphatic heterocycles. The van der Waals surface area contributed by atoms with Crippen molar-refractivity contribution in [1.82, 2.24) is 5.06 Å². The van der Waals surface area contributed by atoms with E-state index >= 15 is 0 Å². The first-order chi connectivity index (χ1) is 10.3. The minimum atomic E-state index is -0.475. The molecule has 1 amide bonds. The summed E-state index contributed by atoms with van der Waals surface area (Å²) in [5, 5.41) is 1.26. The zero-order valence-electron chi connectivity index (χ0n) is 12.1. The molecule has 0 unspecified atom stereocenters. The number of rotatable bonds is 6. The zero-order valence-corrected chi connectivity index (χ0v) is 12.1. The fourth-order valence-corrected chi connectivity index (χ4v) is 1.85. The summed E-state index contributed by atoms with van der Waals surface area (Å²) in [6.45, 7) is 2.52. The van der Waals surface area contributed by atoms with Crippen LogP contribution in [0.15, 0.2) is 60.7 Å². The normalized spacial score (nSPS) is 9.95. The average molecular weight is 285 g/mol. The number of hydroxylamine groups is 2. The molecule has 0 fully saturated rings. The van der Waals surface area contributed by atoms with Gasteiger partial charge >= 0.3 is 6.09 Å². The van der Waals surface area contributed by atoms with E-state index < -0.39 is 6.09 Å². The van der Waals surface area contributed by atoms with E-state index in [1.165, 1.54) is 5.06 Å². The summed E-state index contributed by atoms with van der Waals surface area (Å²) in [7, 11) is 0. The van der Waals surface area contributed by atoms with Crippen LogP contribution in [0.3, 0.4) is 0 Å². The highest BCUT2D eigenvalue weighted by Crippen LogP contribution is 2.12. The van der Waals surface area contributed by atoms with Crippen molar-refractivity contribution in [3.63, 3.8) is 0 Å². The van der Waals surface area contributed by atoms with E-state index in [-0.39, 0.29) is 0 Å². The Labute approximate surface area is 124 Å². The number of hydrogen-bond acceptors (Lipinski definition) is 3.